The molecule has 30 heavy (non-hydrogen) atoms. The summed E-state index contributed by atoms with van der Waals surface area (Å²) in [5.41, 5.74) is 1.70. The molecule has 0 fully saturated rings. The van der Waals surface area contributed by atoms with Crippen LogP contribution in [-0.4, -0.2) is 16.5 Å². The van der Waals surface area contributed by atoms with Gasteiger partial charge in [-0.3, -0.25) is 0 Å². The molecule has 3 rings (SSSR count). The van der Waals surface area contributed by atoms with Crippen LogP contribution in [0.3, 0.4) is 0 Å². The van der Waals surface area contributed by atoms with Gasteiger partial charge in [-0.25, -0.2) is 4.98 Å². The van der Waals surface area contributed by atoms with Gasteiger partial charge in [-0.15, -0.1) is 0 Å². The number of nitrogens with zero attached hydrogens (tertiary/aromatic N) is 3. The lowest BCUT2D eigenvalue weighted by molar-refractivity contribution is -0.139. The molecule has 0 unspecified atom stereocenters. The molecule has 0 atom stereocenters. The zero-order valence-corrected chi connectivity index (χ0v) is 17.1. The molecule has 0 saturated carbocycles. The Kier molecular flexibility index (Phi) is 6.59. The lowest BCUT2D eigenvalue weighted by Gasteiger charge is -2.23. The molecule has 0 radical (unpaired) electrons. The van der Waals surface area contributed by atoms with Crippen molar-refractivity contribution in [1.82, 2.24) is 9.97 Å². The van der Waals surface area contributed by atoms with E-state index in [0.29, 0.717) is 12.5 Å². The molecule has 0 bridgehead atoms. The Balaban J connectivity index is 1.97. The molecule has 3 aromatic rings. The van der Waals surface area contributed by atoms with E-state index in [-0.39, 0.29) is 12.6 Å². The smallest absolute Gasteiger partial charge is 0.423 e. The Morgan fingerprint density at radius 2 is 1.77 bits per heavy atom. The summed E-state index contributed by atoms with van der Waals surface area (Å²) in [6.07, 6.45) is -3.82. The molecule has 0 aliphatic rings. The van der Waals surface area contributed by atoms with E-state index in [4.69, 9.17) is 4.74 Å². The molecular weight excluding hydrogens is 391 g/mol. The molecule has 2 aromatic carbocycles. The van der Waals surface area contributed by atoms with Crippen LogP contribution in [0.25, 0.3) is 0 Å². The predicted molar refractivity (Wildman–Crippen MR) is 111 cm³/mol. The van der Waals surface area contributed by atoms with Crippen molar-refractivity contribution in [2.75, 3.05) is 11.4 Å². The minimum absolute atomic E-state index is 0.0185. The third kappa shape index (κ3) is 5.09. The Morgan fingerprint density at radius 3 is 2.40 bits per heavy atom. The number of benzene rings is 2. The SMILES string of the molecule is CCN(c1cccc(C(C)C)c1)c1ncc(C(F)(F)F)c(OCc2ccccc2)n1. The van der Waals surface area contributed by atoms with Crippen LogP contribution in [0.15, 0.2) is 60.8 Å². The third-order valence-corrected chi connectivity index (χ3v) is 4.67. The number of ether oxygens (including phenoxy) is 1. The fourth-order valence-corrected chi connectivity index (χ4v) is 3.01. The monoisotopic (exact) mass is 415 g/mol. The molecule has 0 amide bonds. The molecular formula is C23H24F3N3O. The van der Waals surface area contributed by atoms with Gasteiger partial charge in [-0.1, -0.05) is 56.3 Å². The first-order valence-electron chi connectivity index (χ1n) is 9.78. The van der Waals surface area contributed by atoms with Crippen LogP contribution >= 0.6 is 0 Å². The number of hydrogen-bond acceptors (Lipinski definition) is 4. The van der Waals surface area contributed by atoms with E-state index in [1.54, 1.807) is 29.2 Å². The Hall–Kier alpha value is -3.09. The topological polar surface area (TPSA) is 38.2 Å². The predicted octanol–water partition coefficient (Wildman–Crippen LogP) is 6.36. The van der Waals surface area contributed by atoms with Crippen LogP contribution in [0.4, 0.5) is 24.8 Å². The highest BCUT2D eigenvalue weighted by Gasteiger charge is 2.36. The summed E-state index contributed by atoms with van der Waals surface area (Å²) in [6, 6.07) is 16.8. The molecule has 4 nitrogen and oxygen atoms in total. The second-order valence-corrected chi connectivity index (χ2v) is 7.15. The molecule has 7 heteroatoms. The molecule has 158 valence electrons. The largest absolute Gasteiger partial charge is 0.472 e. The van der Waals surface area contributed by atoms with Crippen molar-refractivity contribution < 1.29 is 17.9 Å². The van der Waals surface area contributed by atoms with Crippen molar-refractivity contribution in [3.05, 3.63) is 77.5 Å². The average Bonchev–Trinajstić information content (AvgIpc) is 2.73. The number of aromatic nitrogens is 2. The normalized spacial score (nSPS) is 11.6. The van der Waals surface area contributed by atoms with E-state index in [2.05, 4.69) is 23.8 Å². The van der Waals surface area contributed by atoms with Gasteiger partial charge in [0.1, 0.15) is 12.2 Å². The molecule has 0 aliphatic carbocycles. The van der Waals surface area contributed by atoms with Gasteiger partial charge < -0.3 is 9.64 Å². The zero-order valence-electron chi connectivity index (χ0n) is 17.1. The van der Waals surface area contributed by atoms with Gasteiger partial charge in [0.05, 0.1) is 0 Å². The highest BCUT2D eigenvalue weighted by Crippen LogP contribution is 2.36. The van der Waals surface area contributed by atoms with E-state index in [1.165, 1.54) is 0 Å². The molecule has 1 heterocycles. The van der Waals surface area contributed by atoms with Crippen molar-refractivity contribution in [2.24, 2.45) is 0 Å². The quantitative estimate of drug-likeness (QED) is 0.450. The maximum Gasteiger partial charge on any atom is 0.423 e. The van der Waals surface area contributed by atoms with Gasteiger partial charge in [0, 0.05) is 18.4 Å². The van der Waals surface area contributed by atoms with Crippen LogP contribution in [0, 0.1) is 0 Å². The van der Waals surface area contributed by atoms with E-state index in [0.717, 1.165) is 23.0 Å². The summed E-state index contributed by atoms with van der Waals surface area (Å²) >= 11 is 0. The zero-order chi connectivity index (χ0) is 21.7. The molecule has 0 aliphatic heterocycles. The van der Waals surface area contributed by atoms with Crippen molar-refractivity contribution in [1.29, 1.82) is 0 Å². The molecule has 0 spiro atoms. The Morgan fingerprint density at radius 1 is 1.03 bits per heavy atom. The second kappa shape index (κ2) is 9.15. The molecule has 1 aromatic heterocycles. The summed E-state index contributed by atoms with van der Waals surface area (Å²) in [6.45, 7) is 6.53. The lowest BCUT2D eigenvalue weighted by atomic mass is 10.0. The molecule has 0 saturated heterocycles. The standard InChI is InChI=1S/C23H24F3N3O/c1-4-29(19-12-8-11-18(13-19)16(2)3)22-27-14-20(23(24,25)26)21(28-22)30-15-17-9-6-5-7-10-17/h5-14,16H,4,15H2,1-3H3. The summed E-state index contributed by atoms with van der Waals surface area (Å²) in [5.74, 6) is 0.00577. The Bertz CT molecular complexity index is 975. The minimum atomic E-state index is -4.61. The summed E-state index contributed by atoms with van der Waals surface area (Å²) < 4.78 is 45.9. The first kappa shape index (κ1) is 21.6. The van der Waals surface area contributed by atoms with Crippen LogP contribution in [0.1, 0.15) is 43.4 Å². The maximum atomic E-state index is 13.5. The summed E-state index contributed by atoms with van der Waals surface area (Å²) in [5, 5.41) is 0. The first-order valence-corrected chi connectivity index (χ1v) is 9.78. The van der Waals surface area contributed by atoms with Gasteiger partial charge in [-0.05, 0) is 36.1 Å². The third-order valence-electron chi connectivity index (χ3n) is 4.67. The van der Waals surface area contributed by atoms with Gasteiger partial charge in [0.2, 0.25) is 11.8 Å². The fourth-order valence-electron chi connectivity index (χ4n) is 3.01. The van der Waals surface area contributed by atoms with Crippen LogP contribution < -0.4 is 9.64 Å². The number of hydrogen-bond donors (Lipinski definition) is 0. The number of anilines is 2. The van der Waals surface area contributed by atoms with E-state index < -0.39 is 17.6 Å². The van der Waals surface area contributed by atoms with Crippen molar-refractivity contribution >= 4 is 11.6 Å². The van der Waals surface area contributed by atoms with Crippen molar-refractivity contribution in [3.63, 3.8) is 0 Å². The Labute approximate surface area is 174 Å². The van der Waals surface area contributed by atoms with E-state index in [1.807, 2.05) is 37.3 Å². The first-order chi connectivity index (χ1) is 14.3. The highest BCUT2D eigenvalue weighted by atomic mass is 19.4. The number of alkyl halides is 3. The van der Waals surface area contributed by atoms with Gasteiger partial charge >= 0.3 is 6.18 Å². The van der Waals surface area contributed by atoms with Gasteiger partial charge in [-0.2, -0.15) is 18.2 Å². The fraction of sp³-hybridized carbons (Fsp3) is 0.304. The van der Waals surface area contributed by atoms with Crippen molar-refractivity contribution in [3.8, 4) is 5.88 Å². The van der Waals surface area contributed by atoms with Crippen LogP contribution in [0.2, 0.25) is 0 Å². The molecule has 0 N–H and O–H groups in total. The maximum absolute atomic E-state index is 13.5. The van der Waals surface area contributed by atoms with Gasteiger partial charge in [0.25, 0.3) is 0 Å². The number of rotatable bonds is 7. The summed E-state index contributed by atoms with van der Waals surface area (Å²) in [4.78, 5) is 9.91. The van der Waals surface area contributed by atoms with Crippen LogP contribution in [-0.2, 0) is 12.8 Å². The lowest BCUT2D eigenvalue weighted by Crippen LogP contribution is -2.21. The summed E-state index contributed by atoms with van der Waals surface area (Å²) in [7, 11) is 0. The minimum Gasteiger partial charge on any atom is -0.472 e. The second-order valence-electron chi connectivity index (χ2n) is 7.15. The van der Waals surface area contributed by atoms with Gasteiger partial charge in [0.15, 0.2) is 0 Å². The van der Waals surface area contributed by atoms with Crippen molar-refractivity contribution in [2.45, 2.75) is 39.5 Å². The number of halogens is 3. The van der Waals surface area contributed by atoms with E-state index >= 15 is 0 Å². The van der Waals surface area contributed by atoms with Crippen LogP contribution in [0.5, 0.6) is 5.88 Å². The highest BCUT2D eigenvalue weighted by molar-refractivity contribution is 5.59. The average molecular weight is 415 g/mol. The van der Waals surface area contributed by atoms with E-state index in [9.17, 15) is 13.2 Å².